The smallest absolute Gasteiger partial charge is 0.291 e. The monoisotopic (exact) mass is 424 g/mol. The van der Waals surface area contributed by atoms with Crippen LogP contribution in [0.3, 0.4) is 0 Å². The molecule has 2 aromatic carbocycles. The number of benzene rings is 2. The van der Waals surface area contributed by atoms with Crippen LogP contribution in [-0.2, 0) is 0 Å². The standard InChI is InChI=1S/C22H21FN4O4/c1-4-31-16-7-5-15(6-8-16)17-12-24-13-18(26-17)22(28)27-25-11-14-9-19(29-2)21(23)20(10-14)30-3/h5-13H,4H2,1-3H3,(H,27,28)/b25-11+. The zero-order valence-corrected chi connectivity index (χ0v) is 17.3. The molecule has 0 spiro atoms. The Morgan fingerprint density at radius 2 is 1.81 bits per heavy atom. The summed E-state index contributed by atoms with van der Waals surface area (Å²) in [7, 11) is 2.69. The van der Waals surface area contributed by atoms with Crippen molar-refractivity contribution in [2.24, 2.45) is 5.10 Å². The summed E-state index contributed by atoms with van der Waals surface area (Å²) in [5.74, 6) is -0.413. The van der Waals surface area contributed by atoms with Crippen LogP contribution in [0.15, 0.2) is 53.9 Å². The van der Waals surface area contributed by atoms with Crippen molar-refractivity contribution in [1.29, 1.82) is 0 Å². The topological polar surface area (TPSA) is 94.9 Å². The number of hydrogen-bond donors (Lipinski definition) is 1. The van der Waals surface area contributed by atoms with E-state index < -0.39 is 11.7 Å². The quantitative estimate of drug-likeness (QED) is 0.440. The third-order valence-corrected chi connectivity index (χ3v) is 4.18. The average Bonchev–Trinajstić information content (AvgIpc) is 2.80. The zero-order chi connectivity index (χ0) is 22.2. The molecule has 3 aromatic rings. The normalized spacial score (nSPS) is 10.7. The summed E-state index contributed by atoms with van der Waals surface area (Å²) in [4.78, 5) is 20.8. The third kappa shape index (κ3) is 5.33. The minimum absolute atomic E-state index is 0.000972. The van der Waals surface area contributed by atoms with Gasteiger partial charge in [0.15, 0.2) is 11.5 Å². The first-order valence-corrected chi connectivity index (χ1v) is 9.36. The van der Waals surface area contributed by atoms with Gasteiger partial charge in [-0.05, 0) is 43.3 Å². The summed E-state index contributed by atoms with van der Waals surface area (Å²) in [6.07, 6.45) is 4.24. The number of nitrogens with zero attached hydrogens (tertiary/aromatic N) is 3. The molecule has 0 saturated heterocycles. The fourth-order valence-corrected chi connectivity index (χ4v) is 2.69. The van der Waals surface area contributed by atoms with Crippen LogP contribution in [0.2, 0.25) is 0 Å². The lowest BCUT2D eigenvalue weighted by atomic mass is 10.1. The highest BCUT2D eigenvalue weighted by Crippen LogP contribution is 2.27. The molecule has 0 aliphatic rings. The first-order valence-electron chi connectivity index (χ1n) is 9.36. The Morgan fingerprint density at radius 1 is 1.13 bits per heavy atom. The Labute approximate surface area is 178 Å². The van der Waals surface area contributed by atoms with Crippen LogP contribution in [0.4, 0.5) is 4.39 Å². The number of ether oxygens (including phenoxy) is 3. The highest BCUT2D eigenvalue weighted by molar-refractivity contribution is 5.93. The van der Waals surface area contributed by atoms with E-state index in [1.807, 2.05) is 31.2 Å². The van der Waals surface area contributed by atoms with E-state index in [0.29, 0.717) is 17.9 Å². The maximum absolute atomic E-state index is 14.0. The lowest BCUT2D eigenvalue weighted by Gasteiger charge is -2.08. The van der Waals surface area contributed by atoms with E-state index in [0.717, 1.165) is 11.3 Å². The van der Waals surface area contributed by atoms with Crippen LogP contribution in [0, 0.1) is 5.82 Å². The summed E-state index contributed by atoms with van der Waals surface area (Å²) in [6, 6.07) is 10.2. The summed E-state index contributed by atoms with van der Waals surface area (Å²) in [5, 5.41) is 3.89. The van der Waals surface area contributed by atoms with Crippen LogP contribution < -0.4 is 19.6 Å². The number of rotatable bonds is 8. The van der Waals surface area contributed by atoms with Gasteiger partial charge in [-0.25, -0.2) is 10.4 Å². The van der Waals surface area contributed by atoms with E-state index in [2.05, 4.69) is 20.5 Å². The van der Waals surface area contributed by atoms with Gasteiger partial charge < -0.3 is 14.2 Å². The van der Waals surface area contributed by atoms with Crippen LogP contribution in [0.25, 0.3) is 11.3 Å². The second-order valence-electron chi connectivity index (χ2n) is 6.19. The molecule has 0 fully saturated rings. The van der Waals surface area contributed by atoms with Gasteiger partial charge in [0.25, 0.3) is 5.91 Å². The van der Waals surface area contributed by atoms with Crippen molar-refractivity contribution >= 4 is 12.1 Å². The molecular formula is C22H21FN4O4. The predicted octanol–water partition coefficient (Wildman–Crippen LogP) is 3.46. The third-order valence-electron chi connectivity index (χ3n) is 4.18. The molecule has 0 saturated carbocycles. The number of halogens is 1. The van der Waals surface area contributed by atoms with Crippen molar-refractivity contribution in [3.05, 3.63) is 65.9 Å². The fourth-order valence-electron chi connectivity index (χ4n) is 2.69. The van der Waals surface area contributed by atoms with Gasteiger partial charge in [-0.2, -0.15) is 9.49 Å². The van der Waals surface area contributed by atoms with Gasteiger partial charge in [0.2, 0.25) is 5.82 Å². The van der Waals surface area contributed by atoms with Crippen molar-refractivity contribution < 1.29 is 23.4 Å². The van der Waals surface area contributed by atoms with Gasteiger partial charge in [0.05, 0.1) is 45.1 Å². The van der Waals surface area contributed by atoms with Crippen molar-refractivity contribution in [1.82, 2.24) is 15.4 Å². The van der Waals surface area contributed by atoms with Crippen molar-refractivity contribution in [2.45, 2.75) is 6.92 Å². The number of hydrazone groups is 1. The molecule has 0 bridgehead atoms. The van der Waals surface area contributed by atoms with E-state index in [1.54, 1.807) is 6.20 Å². The van der Waals surface area contributed by atoms with Gasteiger partial charge in [0, 0.05) is 11.1 Å². The van der Waals surface area contributed by atoms with Gasteiger partial charge in [-0.15, -0.1) is 0 Å². The highest BCUT2D eigenvalue weighted by atomic mass is 19.1. The van der Waals surface area contributed by atoms with Crippen LogP contribution >= 0.6 is 0 Å². The lowest BCUT2D eigenvalue weighted by Crippen LogP contribution is -2.19. The minimum atomic E-state index is -0.618. The molecule has 1 heterocycles. The molecule has 0 atom stereocenters. The maximum Gasteiger partial charge on any atom is 0.291 e. The molecule has 160 valence electrons. The molecule has 8 nitrogen and oxygen atoms in total. The van der Waals surface area contributed by atoms with Gasteiger partial charge in [-0.1, -0.05) is 0 Å². The SMILES string of the molecule is CCOc1ccc(-c2cncc(C(=O)N/N=C/c3cc(OC)c(F)c(OC)c3)n2)cc1. The molecule has 1 N–H and O–H groups in total. The molecule has 9 heteroatoms. The number of carbonyl (C=O) groups is 1. The predicted molar refractivity (Wildman–Crippen MR) is 113 cm³/mol. The minimum Gasteiger partial charge on any atom is -0.494 e. The molecule has 1 amide bonds. The summed E-state index contributed by atoms with van der Waals surface area (Å²) in [5.41, 5.74) is 4.27. The van der Waals surface area contributed by atoms with Gasteiger partial charge >= 0.3 is 0 Å². The Kier molecular flexibility index (Phi) is 7.10. The van der Waals surface area contributed by atoms with E-state index >= 15 is 0 Å². The number of aromatic nitrogens is 2. The first-order chi connectivity index (χ1) is 15.0. The van der Waals surface area contributed by atoms with E-state index in [1.165, 1.54) is 38.8 Å². The number of amides is 1. The van der Waals surface area contributed by atoms with Crippen LogP contribution in [0.5, 0.6) is 17.2 Å². The molecule has 0 radical (unpaired) electrons. The molecular weight excluding hydrogens is 403 g/mol. The fraction of sp³-hybridized carbons (Fsp3) is 0.182. The molecule has 0 unspecified atom stereocenters. The molecule has 0 aliphatic heterocycles. The number of nitrogens with one attached hydrogen (secondary N) is 1. The van der Waals surface area contributed by atoms with Crippen molar-refractivity contribution in [2.75, 3.05) is 20.8 Å². The number of methoxy groups -OCH3 is 2. The Morgan fingerprint density at radius 3 is 2.42 bits per heavy atom. The summed E-state index contributed by atoms with van der Waals surface area (Å²) >= 11 is 0. The maximum atomic E-state index is 14.0. The first kappa shape index (κ1) is 21.7. The largest absolute Gasteiger partial charge is 0.494 e. The Hall–Kier alpha value is -4.01. The average molecular weight is 424 g/mol. The molecule has 0 aliphatic carbocycles. The van der Waals surface area contributed by atoms with E-state index in [4.69, 9.17) is 14.2 Å². The second kappa shape index (κ2) is 10.1. The van der Waals surface area contributed by atoms with E-state index in [9.17, 15) is 9.18 Å². The molecule has 1 aromatic heterocycles. The number of carbonyl (C=O) groups excluding carboxylic acids is 1. The molecule has 3 rings (SSSR count). The summed E-state index contributed by atoms with van der Waals surface area (Å²) < 4.78 is 29.3. The second-order valence-corrected chi connectivity index (χ2v) is 6.19. The van der Waals surface area contributed by atoms with E-state index in [-0.39, 0.29) is 17.2 Å². The number of hydrogen-bond acceptors (Lipinski definition) is 7. The van der Waals surface area contributed by atoms with Gasteiger partial charge in [0.1, 0.15) is 11.4 Å². The van der Waals surface area contributed by atoms with Gasteiger partial charge in [-0.3, -0.25) is 9.78 Å². The Bertz CT molecular complexity index is 1060. The lowest BCUT2D eigenvalue weighted by molar-refractivity contribution is 0.0950. The van der Waals surface area contributed by atoms with Crippen molar-refractivity contribution in [3.63, 3.8) is 0 Å². The van der Waals surface area contributed by atoms with Crippen LogP contribution in [-0.4, -0.2) is 42.9 Å². The highest BCUT2D eigenvalue weighted by Gasteiger charge is 2.12. The van der Waals surface area contributed by atoms with Crippen molar-refractivity contribution in [3.8, 4) is 28.5 Å². The summed E-state index contributed by atoms with van der Waals surface area (Å²) in [6.45, 7) is 2.49. The van der Waals surface area contributed by atoms with Crippen LogP contribution in [0.1, 0.15) is 23.0 Å². The molecule has 31 heavy (non-hydrogen) atoms. The Balaban J connectivity index is 1.72. The zero-order valence-electron chi connectivity index (χ0n) is 17.3.